The number of alkyl halides is 3. The van der Waals surface area contributed by atoms with E-state index in [9.17, 15) is 37.6 Å². The molecule has 11 nitrogen and oxygen atoms in total. The lowest BCUT2D eigenvalue weighted by Gasteiger charge is -2.44. The molecule has 1 N–H and O–H groups in total. The molecule has 0 aliphatic carbocycles. The number of nitriles is 1. The third-order valence-corrected chi connectivity index (χ3v) is 11.8. The van der Waals surface area contributed by atoms with Crippen LogP contribution in [0.4, 0.5) is 24.5 Å². The van der Waals surface area contributed by atoms with Gasteiger partial charge < -0.3 is 9.64 Å². The van der Waals surface area contributed by atoms with Crippen LogP contribution in [0, 0.1) is 17.2 Å². The zero-order valence-corrected chi connectivity index (χ0v) is 34.7. The average Bonchev–Trinajstić information content (AvgIpc) is 3.35. The second-order valence-corrected chi connectivity index (χ2v) is 16.5. The highest BCUT2D eigenvalue weighted by Gasteiger charge is 2.51. The number of hydrogen-bond acceptors (Lipinski definition) is 9. The summed E-state index contributed by atoms with van der Waals surface area (Å²) in [5.74, 6) is -0.427. The van der Waals surface area contributed by atoms with Crippen molar-refractivity contribution in [2.75, 3.05) is 42.6 Å². The van der Waals surface area contributed by atoms with Crippen LogP contribution in [0.3, 0.4) is 0 Å². The number of aryl methyl sites for hydroxylation is 1. The van der Waals surface area contributed by atoms with Gasteiger partial charge in [0.2, 0.25) is 11.8 Å². The van der Waals surface area contributed by atoms with Gasteiger partial charge in [-0.3, -0.25) is 39.2 Å². The van der Waals surface area contributed by atoms with Gasteiger partial charge in [-0.15, -0.1) is 0 Å². The maximum atomic E-state index is 13.8. The van der Waals surface area contributed by atoms with Crippen molar-refractivity contribution in [1.82, 2.24) is 15.1 Å². The Morgan fingerprint density at radius 2 is 1.69 bits per heavy atom. The van der Waals surface area contributed by atoms with Crippen LogP contribution in [-0.2, 0) is 44.6 Å². The molecule has 312 valence electrons. The molecule has 59 heavy (non-hydrogen) atoms. The second kappa shape index (κ2) is 17.6. The number of ketones is 1. The average molecular weight is 831 g/mol. The van der Waals surface area contributed by atoms with Gasteiger partial charge in [0.15, 0.2) is 10.9 Å². The molecule has 3 atom stereocenters. The molecule has 6 rings (SSSR count). The predicted molar refractivity (Wildman–Crippen MR) is 221 cm³/mol. The summed E-state index contributed by atoms with van der Waals surface area (Å²) in [5, 5.41) is 11.7. The van der Waals surface area contributed by atoms with Crippen molar-refractivity contribution in [3.8, 4) is 11.8 Å². The molecule has 0 radical (unpaired) electrons. The van der Waals surface area contributed by atoms with Gasteiger partial charge >= 0.3 is 6.18 Å². The lowest BCUT2D eigenvalue weighted by Crippen LogP contribution is -2.58. The molecule has 3 fully saturated rings. The van der Waals surface area contributed by atoms with Crippen LogP contribution in [0.2, 0.25) is 0 Å². The summed E-state index contributed by atoms with van der Waals surface area (Å²) < 4.78 is 47.7. The molecule has 0 aromatic heterocycles. The quantitative estimate of drug-likeness (QED) is 0.157. The number of Topliss-reactive ketones (excluding diaryl/α,β-unsaturated/α-hetero) is 1. The number of thiocarbonyl (C=S) groups is 1. The van der Waals surface area contributed by atoms with E-state index in [1.807, 2.05) is 43.3 Å². The maximum absolute atomic E-state index is 13.8. The van der Waals surface area contributed by atoms with E-state index in [-0.39, 0.29) is 46.4 Å². The summed E-state index contributed by atoms with van der Waals surface area (Å²) in [4.78, 5) is 58.1. The molecule has 0 bridgehead atoms. The molecule has 15 heteroatoms. The van der Waals surface area contributed by atoms with Gasteiger partial charge in [0.1, 0.15) is 17.9 Å². The first-order valence-electron chi connectivity index (χ1n) is 19.9. The van der Waals surface area contributed by atoms with Gasteiger partial charge in [-0.25, -0.2) is 0 Å². The number of amides is 3. The zero-order valence-electron chi connectivity index (χ0n) is 33.9. The highest BCUT2D eigenvalue weighted by atomic mass is 32.1. The highest BCUT2D eigenvalue weighted by Crippen LogP contribution is 2.40. The summed E-state index contributed by atoms with van der Waals surface area (Å²) in [5.41, 5.74) is 0.373. The number of piperazine rings is 1. The summed E-state index contributed by atoms with van der Waals surface area (Å²) in [6.07, 6.45) is -2.50. The Morgan fingerprint density at radius 3 is 2.36 bits per heavy atom. The van der Waals surface area contributed by atoms with Crippen LogP contribution < -0.4 is 19.9 Å². The number of ether oxygens (including phenoxy) is 1. The number of nitrogens with one attached hydrogen (secondary N) is 1. The third-order valence-electron chi connectivity index (χ3n) is 11.5. The number of anilines is 2. The molecule has 0 unspecified atom stereocenters. The number of carbonyl (C=O) groups is 4. The molecule has 3 aromatic carbocycles. The van der Waals surface area contributed by atoms with Gasteiger partial charge in [0.25, 0.3) is 5.91 Å². The Labute approximate surface area is 348 Å². The van der Waals surface area contributed by atoms with E-state index in [4.69, 9.17) is 17.0 Å². The van der Waals surface area contributed by atoms with Crippen molar-refractivity contribution < 1.29 is 37.1 Å². The Balaban J connectivity index is 1.03. The molecule has 0 saturated carbocycles. The van der Waals surface area contributed by atoms with E-state index >= 15 is 0 Å². The van der Waals surface area contributed by atoms with Gasteiger partial charge in [0, 0.05) is 56.2 Å². The normalized spacial score (nSPS) is 21.4. The van der Waals surface area contributed by atoms with Crippen LogP contribution in [0.15, 0.2) is 60.7 Å². The number of imide groups is 1. The van der Waals surface area contributed by atoms with E-state index in [1.54, 1.807) is 30.9 Å². The van der Waals surface area contributed by atoms with Crippen LogP contribution in [0.25, 0.3) is 0 Å². The maximum Gasteiger partial charge on any atom is 0.417 e. The first kappa shape index (κ1) is 43.4. The van der Waals surface area contributed by atoms with Gasteiger partial charge in [-0.05, 0) is 112 Å². The molecule has 3 aliphatic heterocycles. The minimum atomic E-state index is -4.79. The Kier molecular flexibility index (Phi) is 12.9. The van der Waals surface area contributed by atoms with Crippen molar-refractivity contribution in [2.45, 2.75) is 90.5 Å². The number of benzene rings is 3. The van der Waals surface area contributed by atoms with E-state index in [0.717, 1.165) is 46.8 Å². The lowest BCUT2D eigenvalue weighted by atomic mass is 9.90. The highest BCUT2D eigenvalue weighted by molar-refractivity contribution is 7.81. The number of nitrogens with zero attached hydrogens (tertiary/aromatic N) is 5. The number of carbonyl (C=O) groups excluding carboxylic acids is 4. The number of halogens is 3. The van der Waals surface area contributed by atoms with E-state index < -0.39 is 28.7 Å². The van der Waals surface area contributed by atoms with Crippen molar-refractivity contribution in [3.05, 3.63) is 88.5 Å². The third kappa shape index (κ3) is 9.51. The SMILES string of the molecule is CCc1cc(N2C(=S)N(c3ccc(C#N)c(C(F)(F)F)c3)C(=O)C2(C)C)ccc1OCCN1C[C@@H](C)N(CC(=O)Cc2cccc(C[C@@H]3CCC(=O)NC3=O)c2)[C@@H](C)C1. The molecule has 0 spiro atoms. The predicted octanol–water partition coefficient (Wildman–Crippen LogP) is 6.24. The summed E-state index contributed by atoms with van der Waals surface area (Å²) >= 11 is 5.73. The van der Waals surface area contributed by atoms with E-state index in [0.29, 0.717) is 63.2 Å². The molecule has 3 saturated heterocycles. The van der Waals surface area contributed by atoms with Gasteiger partial charge in [0.05, 0.1) is 29.4 Å². The van der Waals surface area contributed by atoms with Crippen LogP contribution in [0.5, 0.6) is 5.75 Å². The minimum absolute atomic E-state index is 0.0221. The van der Waals surface area contributed by atoms with Crippen molar-refractivity contribution >= 4 is 52.2 Å². The lowest BCUT2D eigenvalue weighted by molar-refractivity contribution is -0.138. The van der Waals surface area contributed by atoms with Crippen molar-refractivity contribution in [3.63, 3.8) is 0 Å². The Bertz CT molecular complexity index is 2180. The molecule has 3 aliphatic rings. The Morgan fingerprint density at radius 1 is 1.00 bits per heavy atom. The fourth-order valence-electron chi connectivity index (χ4n) is 8.40. The molecular formula is C44H49F3N6O5S. The van der Waals surface area contributed by atoms with E-state index in [1.165, 1.54) is 6.07 Å². The molecule has 3 amide bonds. The minimum Gasteiger partial charge on any atom is -0.492 e. The number of piperidine rings is 1. The number of rotatable bonds is 13. The fraction of sp³-hybridized carbons (Fsp3) is 0.455. The zero-order chi connectivity index (χ0) is 42.8. The van der Waals surface area contributed by atoms with Crippen molar-refractivity contribution in [2.24, 2.45) is 5.92 Å². The molecule has 3 heterocycles. The monoisotopic (exact) mass is 830 g/mol. The van der Waals surface area contributed by atoms with E-state index in [2.05, 4.69) is 29.0 Å². The first-order chi connectivity index (χ1) is 27.9. The largest absolute Gasteiger partial charge is 0.492 e. The molecule has 3 aromatic rings. The summed E-state index contributed by atoms with van der Waals surface area (Å²) in [6, 6.07) is 18.2. The summed E-state index contributed by atoms with van der Waals surface area (Å²) in [6.45, 7) is 12.5. The van der Waals surface area contributed by atoms with Gasteiger partial charge in [-0.2, -0.15) is 18.4 Å². The van der Waals surface area contributed by atoms with Gasteiger partial charge in [-0.1, -0.05) is 31.2 Å². The van der Waals surface area contributed by atoms with Crippen LogP contribution in [-0.4, -0.2) is 88.8 Å². The fourth-order valence-corrected chi connectivity index (χ4v) is 8.92. The summed E-state index contributed by atoms with van der Waals surface area (Å²) in [7, 11) is 0. The van der Waals surface area contributed by atoms with Crippen LogP contribution >= 0.6 is 12.2 Å². The number of hydrogen-bond donors (Lipinski definition) is 1. The second-order valence-electron chi connectivity index (χ2n) is 16.2. The Hall–Kier alpha value is -5.17. The standard InChI is InChI=1S/C44H49F3N6O5S/c1-6-31-21-35(53-42(59)52(41(57)43(53,4)5)34-12-10-33(23-48)37(22-34)44(45,46)47)13-14-38(31)58-17-16-50-24-27(2)51(28(3)25-50)26-36(54)20-30-9-7-8-29(18-30)19-32-11-15-39(55)49-40(32)56/h7-10,12-14,18,21-22,27-28,32H,6,11,15-17,19-20,24-26H2,1-5H3,(H,49,55,56)/t27-,28+,32-/m0/s1. The van der Waals surface area contributed by atoms with Crippen molar-refractivity contribution in [1.29, 1.82) is 5.26 Å². The smallest absolute Gasteiger partial charge is 0.417 e. The molecular weight excluding hydrogens is 782 g/mol. The first-order valence-corrected chi connectivity index (χ1v) is 20.3. The van der Waals surface area contributed by atoms with Crippen LogP contribution in [0.1, 0.15) is 75.3 Å². The topological polar surface area (TPSA) is 126 Å².